The summed E-state index contributed by atoms with van der Waals surface area (Å²) in [6.07, 6.45) is 2.58. The van der Waals surface area contributed by atoms with E-state index in [1.165, 1.54) is 12.6 Å². The standard InChI is InChI=1S/C10H17N3O3S/c1-4-16-10-5-9(11-7-12-10)13-8(2)6-17(3,14)15/h5,7-8H,4,6H2,1-3H3,(H,11,12,13). The van der Waals surface area contributed by atoms with Crippen molar-refractivity contribution in [2.24, 2.45) is 0 Å². The monoisotopic (exact) mass is 259 g/mol. The third kappa shape index (κ3) is 5.48. The molecule has 96 valence electrons. The Bertz CT molecular complexity index is 462. The van der Waals surface area contributed by atoms with Crippen molar-refractivity contribution in [3.05, 3.63) is 12.4 Å². The molecule has 1 N–H and O–H groups in total. The lowest BCUT2D eigenvalue weighted by Crippen LogP contribution is -2.25. The van der Waals surface area contributed by atoms with Gasteiger partial charge in [-0.15, -0.1) is 0 Å². The van der Waals surface area contributed by atoms with Gasteiger partial charge >= 0.3 is 0 Å². The molecule has 0 fully saturated rings. The number of hydrogen-bond donors (Lipinski definition) is 1. The normalized spacial score (nSPS) is 13.1. The topological polar surface area (TPSA) is 81.2 Å². The van der Waals surface area contributed by atoms with Gasteiger partial charge in [0.05, 0.1) is 12.4 Å². The molecule has 6 nitrogen and oxygen atoms in total. The number of nitrogens with one attached hydrogen (secondary N) is 1. The lowest BCUT2D eigenvalue weighted by atomic mass is 10.4. The van der Waals surface area contributed by atoms with Crippen LogP contribution in [0.4, 0.5) is 5.82 Å². The van der Waals surface area contributed by atoms with Crippen molar-refractivity contribution in [1.82, 2.24) is 9.97 Å². The third-order valence-corrected chi connectivity index (χ3v) is 2.99. The first-order chi connectivity index (χ1) is 7.90. The van der Waals surface area contributed by atoms with Crippen LogP contribution in [0.2, 0.25) is 0 Å². The van der Waals surface area contributed by atoms with E-state index in [9.17, 15) is 8.42 Å². The van der Waals surface area contributed by atoms with E-state index in [1.807, 2.05) is 6.92 Å². The fraction of sp³-hybridized carbons (Fsp3) is 0.600. The van der Waals surface area contributed by atoms with Crippen LogP contribution in [0, 0.1) is 0 Å². The summed E-state index contributed by atoms with van der Waals surface area (Å²) in [4.78, 5) is 7.91. The van der Waals surface area contributed by atoms with Crippen LogP contribution in [0.25, 0.3) is 0 Å². The predicted octanol–water partition coefficient (Wildman–Crippen LogP) is 0.720. The molecule has 0 aliphatic heterocycles. The van der Waals surface area contributed by atoms with Crippen LogP contribution in [0.15, 0.2) is 12.4 Å². The molecule has 7 heteroatoms. The number of hydrogen-bond acceptors (Lipinski definition) is 6. The van der Waals surface area contributed by atoms with Gasteiger partial charge in [-0.1, -0.05) is 0 Å². The average Bonchev–Trinajstić information content (AvgIpc) is 2.15. The summed E-state index contributed by atoms with van der Waals surface area (Å²) in [6, 6.07) is 1.43. The highest BCUT2D eigenvalue weighted by Crippen LogP contribution is 2.12. The molecule has 0 aliphatic carbocycles. The van der Waals surface area contributed by atoms with Gasteiger partial charge in [-0.2, -0.15) is 0 Å². The van der Waals surface area contributed by atoms with Crippen LogP contribution in [0.5, 0.6) is 5.88 Å². The first kappa shape index (κ1) is 13.7. The van der Waals surface area contributed by atoms with Crippen molar-refractivity contribution in [3.63, 3.8) is 0 Å². The fourth-order valence-corrected chi connectivity index (χ4v) is 2.39. The maximum Gasteiger partial charge on any atom is 0.218 e. The second kappa shape index (κ2) is 5.81. The molecule has 0 bridgehead atoms. The maximum absolute atomic E-state index is 11.1. The molecule has 1 unspecified atom stereocenters. The Balaban J connectivity index is 2.65. The third-order valence-electron chi connectivity index (χ3n) is 1.88. The minimum Gasteiger partial charge on any atom is -0.478 e. The Hall–Kier alpha value is -1.37. The van der Waals surface area contributed by atoms with Gasteiger partial charge in [-0.05, 0) is 13.8 Å². The Morgan fingerprint density at radius 1 is 1.47 bits per heavy atom. The molecule has 0 aromatic carbocycles. The van der Waals surface area contributed by atoms with E-state index in [0.29, 0.717) is 18.3 Å². The molecule has 0 amide bonds. The summed E-state index contributed by atoms with van der Waals surface area (Å²) in [6.45, 7) is 4.17. The van der Waals surface area contributed by atoms with Gasteiger partial charge in [0.15, 0.2) is 0 Å². The first-order valence-electron chi connectivity index (χ1n) is 5.30. The first-order valence-corrected chi connectivity index (χ1v) is 7.36. The predicted molar refractivity (Wildman–Crippen MR) is 66.0 cm³/mol. The minimum absolute atomic E-state index is 0.0565. The van der Waals surface area contributed by atoms with Gasteiger partial charge in [0.1, 0.15) is 22.0 Å². The molecule has 1 aromatic rings. The number of rotatable bonds is 6. The summed E-state index contributed by atoms with van der Waals surface area (Å²) in [5.74, 6) is 1.08. The van der Waals surface area contributed by atoms with Crippen molar-refractivity contribution in [1.29, 1.82) is 0 Å². The van der Waals surface area contributed by atoms with Gasteiger partial charge in [-0.25, -0.2) is 18.4 Å². The van der Waals surface area contributed by atoms with E-state index in [-0.39, 0.29) is 11.8 Å². The van der Waals surface area contributed by atoms with E-state index in [4.69, 9.17) is 4.74 Å². The zero-order valence-electron chi connectivity index (χ0n) is 10.2. The Kier molecular flexibility index (Phi) is 4.68. The summed E-state index contributed by atoms with van der Waals surface area (Å²) >= 11 is 0. The van der Waals surface area contributed by atoms with E-state index in [1.54, 1.807) is 13.0 Å². The molecule has 0 aliphatic rings. The Morgan fingerprint density at radius 2 is 2.18 bits per heavy atom. The zero-order chi connectivity index (χ0) is 12.9. The average molecular weight is 259 g/mol. The number of ether oxygens (including phenoxy) is 1. The lowest BCUT2D eigenvalue weighted by Gasteiger charge is -2.13. The molecule has 17 heavy (non-hydrogen) atoms. The molecule has 0 spiro atoms. The van der Waals surface area contributed by atoms with Crippen molar-refractivity contribution in [3.8, 4) is 5.88 Å². The van der Waals surface area contributed by atoms with Crippen LogP contribution in [-0.2, 0) is 9.84 Å². The Morgan fingerprint density at radius 3 is 2.76 bits per heavy atom. The summed E-state index contributed by atoms with van der Waals surface area (Å²) in [7, 11) is -3.00. The van der Waals surface area contributed by atoms with Crippen molar-refractivity contribution in [2.75, 3.05) is 23.9 Å². The molecule has 0 saturated carbocycles. The van der Waals surface area contributed by atoms with Crippen LogP contribution in [0.1, 0.15) is 13.8 Å². The molecular weight excluding hydrogens is 242 g/mol. The van der Waals surface area contributed by atoms with Crippen LogP contribution in [-0.4, -0.2) is 43.0 Å². The summed E-state index contributed by atoms with van der Waals surface area (Å²) < 4.78 is 27.4. The summed E-state index contributed by atoms with van der Waals surface area (Å²) in [5.41, 5.74) is 0. The highest BCUT2D eigenvalue weighted by Gasteiger charge is 2.11. The van der Waals surface area contributed by atoms with Gasteiger partial charge in [-0.3, -0.25) is 0 Å². The van der Waals surface area contributed by atoms with Crippen molar-refractivity contribution < 1.29 is 13.2 Å². The number of aromatic nitrogens is 2. The van der Waals surface area contributed by atoms with Gasteiger partial charge in [0.2, 0.25) is 5.88 Å². The second-order valence-corrected chi connectivity index (χ2v) is 6.00. The quantitative estimate of drug-likeness (QED) is 0.810. The number of anilines is 1. The molecule has 0 radical (unpaired) electrons. The SMILES string of the molecule is CCOc1cc(NC(C)CS(C)(=O)=O)ncn1. The van der Waals surface area contributed by atoms with Crippen LogP contribution < -0.4 is 10.1 Å². The molecule has 0 saturated heterocycles. The smallest absolute Gasteiger partial charge is 0.218 e. The van der Waals surface area contributed by atoms with E-state index in [0.717, 1.165) is 0 Å². The van der Waals surface area contributed by atoms with E-state index < -0.39 is 9.84 Å². The van der Waals surface area contributed by atoms with E-state index >= 15 is 0 Å². The fourth-order valence-electron chi connectivity index (χ4n) is 1.39. The highest BCUT2D eigenvalue weighted by atomic mass is 32.2. The molecule has 1 atom stereocenters. The molecular formula is C10H17N3O3S. The maximum atomic E-state index is 11.1. The van der Waals surface area contributed by atoms with Gasteiger partial charge in [0.25, 0.3) is 0 Å². The second-order valence-electron chi connectivity index (χ2n) is 3.81. The van der Waals surface area contributed by atoms with Crippen molar-refractivity contribution >= 4 is 15.7 Å². The largest absolute Gasteiger partial charge is 0.478 e. The molecule has 1 heterocycles. The zero-order valence-corrected chi connectivity index (χ0v) is 11.0. The number of sulfone groups is 1. The van der Waals surface area contributed by atoms with Crippen LogP contribution >= 0.6 is 0 Å². The van der Waals surface area contributed by atoms with E-state index in [2.05, 4.69) is 15.3 Å². The molecule has 1 aromatic heterocycles. The van der Waals surface area contributed by atoms with Gasteiger partial charge in [0, 0.05) is 18.4 Å². The molecule has 1 rings (SSSR count). The minimum atomic E-state index is -3.00. The highest BCUT2D eigenvalue weighted by molar-refractivity contribution is 7.90. The van der Waals surface area contributed by atoms with Crippen molar-refractivity contribution in [2.45, 2.75) is 19.9 Å². The lowest BCUT2D eigenvalue weighted by molar-refractivity contribution is 0.326. The summed E-state index contributed by atoms with van der Waals surface area (Å²) in [5, 5.41) is 2.99. The number of nitrogens with zero attached hydrogens (tertiary/aromatic N) is 2. The van der Waals surface area contributed by atoms with Gasteiger partial charge < -0.3 is 10.1 Å². The van der Waals surface area contributed by atoms with Crippen LogP contribution in [0.3, 0.4) is 0 Å². The Labute approximate surface area is 101 Å².